The van der Waals surface area contributed by atoms with Crippen molar-refractivity contribution in [2.75, 3.05) is 32.8 Å². The largest absolute Gasteiger partial charge is 0.390 e. The van der Waals surface area contributed by atoms with E-state index in [1.54, 1.807) is 0 Å². The summed E-state index contributed by atoms with van der Waals surface area (Å²) in [7, 11) is 0. The van der Waals surface area contributed by atoms with Crippen LogP contribution >= 0.6 is 0 Å². The van der Waals surface area contributed by atoms with Crippen LogP contribution in [0.5, 0.6) is 0 Å². The van der Waals surface area contributed by atoms with Crippen LogP contribution in [0, 0.1) is 0 Å². The summed E-state index contributed by atoms with van der Waals surface area (Å²) in [6, 6.07) is 1.92. The van der Waals surface area contributed by atoms with Gasteiger partial charge in [0.05, 0.1) is 31.2 Å². The SMILES string of the molecule is OCc1cc(CCN2CCOCC2)n[nH]1. The van der Waals surface area contributed by atoms with Crippen LogP contribution in [0.3, 0.4) is 0 Å². The molecule has 1 aliphatic rings. The monoisotopic (exact) mass is 211 g/mol. The highest BCUT2D eigenvalue weighted by atomic mass is 16.5. The number of aromatic nitrogens is 2. The van der Waals surface area contributed by atoms with Gasteiger partial charge >= 0.3 is 0 Å². The molecule has 84 valence electrons. The zero-order valence-electron chi connectivity index (χ0n) is 8.78. The summed E-state index contributed by atoms with van der Waals surface area (Å²) in [5.74, 6) is 0. The highest BCUT2D eigenvalue weighted by Gasteiger charge is 2.10. The van der Waals surface area contributed by atoms with Gasteiger partial charge in [-0.3, -0.25) is 10.00 Å². The van der Waals surface area contributed by atoms with Gasteiger partial charge in [-0.2, -0.15) is 5.10 Å². The molecular formula is C10H17N3O2. The summed E-state index contributed by atoms with van der Waals surface area (Å²) in [4.78, 5) is 2.37. The van der Waals surface area contributed by atoms with Crippen LogP contribution in [0.2, 0.25) is 0 Å². The van der Waals surface area contributed by atoms with Crippen LogP contribution < -0.4 is 0 Å². The zero-order chi connectivity index (χ0) is 10.5. The van der Waals surface area contributed by atoms with Gasteiger partial charge in [0.1, 0.15) is 0 Å². The number of morpholine rings is 1. The Bertz CT molecular complexity index is 295. The maximum Gasteiger partial charge on any atom is 0.0847 e. The molecule has 1 aromatic rings. The standard InChI is InChI=1S/C10H17N3O2/c14-8-10-7-9(11-12-10)1-2-13-3-5-15-6-4-13/h7,14H,1-6,8H2,(H,11,12). The van der Waals surface area contributed by atoms with Gasteiger partial charge in [0.2, 0.25) is 0 Å². The number of rotatable bonds is 4. The zero-order valence-corrected chi connectivity index (χ0v) is 8.78. The Hall–Kier alpha value is -0.910. The van der Waals surface area contributed by atoms with Gasteiger partial charge in [0, 0.05) is 26.1 Å². The van der Waals surface area contributed by atoms with E-state index in [4.69, 9.17) is 9.84 Å². The first-order valence-corrected chi connectivity index (χ1v) is 5.32. The van der Waals surface area contributed by atoms with Crippen molar-refractivity contribution in [2.45, 2.75) is 13.0 Å². The molecule has 0 saturated carbocycles. The molecule has 2 heterocycles. The minimum absolute atomic E-state index is 0.0323. The highest BCUT2D eigenvalue weighted by molar-refractivity contribution is 5.07. The quantitative estimate of drug-likeness (QED) is 0.722. The smallest absolute Gasteiger partial charge is 0.0847 e. The molecule has 2 rings (SSSR count). The van der Waals surface area contributed by atoms with Crippen molar-refractivity contribution in [3.63, 3.8) is 0 Å². The van der Waals surface area contributed by atoms with Gasteiger partial charge in [0.25, 0.3) is 0 Å². The van der Waals surface area contributed by atoms with Gasteiger partial charge in [-0.1, -0.05) is 0 Å². The molecule has 15 heavy (non-hydrogen) atoms. The normalized spacial score (nSPS) is 18.2. The molecule has 1 aromatic heterocycles. The number of aromatic amines is 1. The molecule has 0 radical (unpaired) electrons. The van der Waals surface area contributed by atoms with Crippen molar-refractivity contribution in [1.82, 2.24) is 15.1 Å². The molecule has 0 aromatic carbocycles. The summed E-state index contributed by atoms with van der Waals surface area (Å²) in [5.41, 5.74) is 1.80. The van der Waals surface area contributed by atoms with Gasteiger partial charge in [-0.05, 0) is 6.07 Å². The van der Waals surface area contributed by atoms with E-state index in [0.717, 1.165) is 50.7 Å². The summed E-state index contributed by atoms with van der Waals surface area (Å²) in [6.45, 7) is 4.74. The van der Waals surface area contributed by atoms with E-state index in [1.807, 2.05) is 6.07 Å². The number of nitrogens with one attached hydrogen (secondary N) is 1. The van der Waals surface area contributed by atoms with Crippen LogP contribution in [0.1, 0.15) is 11.4 Å². The average Bonchev–Trinajstić information content (AvgIpc) is 2.76. The number of hydrogen-bond acceptors (Lipinski definition) is 4. The molecule has 1 fully saturated rings. The summed E-state index contributed by atoms with van der Waals surface area (Å²) in [6.07, 6.45) is 0.927. The van der Waals surface area contributed by atoms with Crippen molar-refractivity contribution in [3.8, 4) is 0 Å². The van der Waals surface area contributed by atoms with Crippen LogP contribution in [-0.4, -0.2) is 53.1 Å². The minimum Gasteiger partial charge on any atom is -0.390 e. The lowest BCUT2D eigenvalue weighted by atomic mass is 10.2. The number of hydrogen-bond donors (Lipinski definition) is 2. The van der Waals surface area contributed by atoms with Crippen molar-refractivity contribution in [1.29, 1.82) is 0 Å². The van der Waals surface area contributed by atoms with Crippen LogP contribution in [0.15, 0.2) is 6.07 Å². The lowest BCUT2D eigenvalue weighted by Crippen LogP contribution is -2.37. The lowest BCUT2D eigenvalue weighted by Gasteiger charge is -2.26. The second-order valence-electron chi connectivity index (χ2n) is 3.75. The minimum atomic E-state index is 0.0323. The van der Waals surface area contributed by atoms with Gasteiger partial charge in [-0.25, -0.2) is 0 Å². The Morgan fingerprint density at radius 2 is 2.27 bits per heavy atom. The first kappa shape index (κ1) is 10.6. The number of aliphatic hydroxyl groups is 1. The van der Waals surface area contributed by atoms with Crippen molar-refractivity contribution in [3.05, 3.63) is 17.5 Å². The second kappa shape index (κ2) is 5.25. The highest BCUT2D eigenvalue weighted by Crippen LogP contribution is 2.03. The van der Waals surface area contributed by atoms with Crippen LogP contribution in [0.4, 0.5) is 0 Å². The fourth-order valence-corrected chi connectivity index (χ4v) is 1.72. The van der Waals surface area contributed by atoms with E-state index >= 15 is 0 Å². The molecule has 5 nitrogen and oxygen atoms in total. The van der Waals surface area contributed by atoms with Crippen LogP contribution in [0.25, 0.3) is 0 Å². The van der Waals surface area contributed by atoms with E-state index in [9.17, 15) is 0 Å². The van der Waals surface area contributed by atoms with Crippen LogP contribution in [-0.2, 0) is 17.8 Å². The first-order valence-electron chi connectivity index (χ1n) is 5.32. The predicted octanol–water partition coefficient (Wildman–Crippen LogP) is -0.223. The average molecular weight is 211 g/mol. The summed E-state index contributed by atoms with van der Waals surface area (Å²) in [5, 5.41) is 15.8. The third-order valence-corrected chi connectivity index (χ3v) is 2.64. The number of H-pyrrole nitrogens is 1. The Kier molecular flexibility index (Phi) is 3.71. The molecule has 0 atom stereocenters. The third-order valence-electron chi connectivity index (χ3n) is 2.64. The van der Waals surface area contributed by atoms with Crippen molar-refractivity contribution >= 4 is 0 Å². The maximum absolute atomic E-state index is 8.87. The molecule has 0 unspecified atom stereocenters. The maximum atomic E-state index is 8.87. The fourth-order valence-electron chi connectivity index (χ4n) is 1.72. The molecule has 5 heteroatoms. The lowest BCUT2D eigenvalue weighted by molar-refractivity contribution is 0.0383. The molecule has 2 N–H and O–H groups in total. The third kappa shape index (κ3) is 3.02. The molecule has 0 aliphatic carbocycles. The topological polar surface area (TPSA) is 61.4 Å². The van der Waals surface area contributed by atoms with Crippen molar-refractivity contribution < 1.29 is 9.84 Å². The van der Waals surface area contributed by atoms with E-state index in [0.29, 0.717) is 0 Å². The van der Waals surface area contributed by atoms with Gasteiger partial charge < -0.3 is 9.84 Å². The Morgan fingerprint density at radius 1 is 1.47 bits per heavy atom. The number of aliphatic hydroxyl groups excluding tert-OH is 1. The molecule has 0 bridgehead atoms. The molecule has 0 spiro atoms. The second-order valence-corrected chi connectivity index (χ2v) is 3.75. The molecule has 0 amide bonds. The molecule has 1 saturated heterocycles. The van der Waals surface area contributed by atoms with E-state index in [-0.39, 0.29) is 6.61 Å². The molecule has 1 aliphatic heterocycles. The van der Waals surface area contributed by atoms with Gasteiger partial charge in [0.15, 0.2) is 0 Å². The Morgan fingerprint density at radius 3 is 2.93 bits per heavy atom. The molecular weight excluding hydrogens is 194 g/mol. The van der Waals surface area contributed by atoms with Crippen molar-refractivity contribution in [2.24, 2.45) is 0 Å². The Labute approximate surface area is 89.0 Å². The number of ether oxygens (including phenoxy) is 1. The van der Waals surface area contributed by atoms with E-state index in [2.05, 4.69) is 15.1 Å². The summed E-state index contributed by atoms with van der Waals surface area (Å²) >= 11 is 0. The predicted molar refractivity (Wildman–Crippen MR) is 55.5 cm³/mol. The van der Waals surface area contributed by atoms with E-state index < -0.39 is 0 Å². The Balaban J connectivity index is 1.76. The first-order chi connectivity index (χ1) is 7.38. The summed E-state index contributed by atoms with van der Waals surface area (Å²) < 4.78 is 5.28. The fraction of sp³-hybridized carbons (Fsp3) is 0.700. The van der Waals surface area contributed by atoms with Gasteiger partial charge in [-0.15, -0.1) is 0 Å². The number of nitrogens with zero attached hydrogens (tertiary/aromatic N) is 2. The van der Waals surface area contributed by atoms with E-state index in [1.165, 1.54) is 0 Å².